The van der Waals surface area contributed by atoms with Crippen LogP contribution in [-0.2, 0) is 0 Å². The lowest BCUT2D eigenvalue weighted by atomic mass is 9.92. The number of fused-ring (bicyclic) bond motifs is 1. The number of carbonyl (C=O) groups excluding carboxylic acids is 1. The van der Waals surface area contributed by atoms with Crippen LogP contribution < -0.4 is 15.4 Å². The second-order valence-corrected chi connectivity index (χ2v) is 6.92. The second kappa shape index (κ2) is 9.13. The van der Waals surface area contributed by atoms with Crippen LogP contribution in [0.1, 0.15) is 24.0 Å². The van der Waals surface area contributed by atoms with Gasteiger partial charge in [-0.2, -0.15) is 0 Å². The van der Waals surface area contributed by atoms with Gasteiger partial charge in [-0.1, -0.05) is 24.3 Å². The fraction of sp³-hybridized carbons (Fsp3) is 0.167. The minimum Gasteiger partial charge on any atom is -0.494 e. The van der Waals surface area contributed by atoms with E-state index < -0.39 is 0 Å². The smallest absolute Gasteiger partial charge is 0.319 e. The van der Waals surface area contributed by atoms with Crippen LogP contribution in [0.4, 0.5) is 10.5 Å². The molecule has 152 valence electrons. The molecule has 2 aromatic heterocycles. The van der Waals surface area contributed by atoms with Gasteiger partial charge in [0, 0.05) is 47.6 Å². The van der Waals surface area contributed by atoms with Crippen molar-refractivity contribution in [3.63, 3.8) is 0 Å². The van der Waals surface area contributed by atoms with Gasteiger partial charge in [-0.3, -0.25) is 4.98 Å². The summed E-state index contributed by atoms with van der Waals surface area (Å²) >= 11 is 0. The summed E-state index contributed by atoms with van der Waals surface area (Å²) in [7, 11) is 0. The number of carbonyl (C=O) groups is 1. The normalized spacial score (nSPS) is 11.8. The number of nitrogens with zero attached hydrogens (tertiary/aromatic N) is 1. The van der Waals surface area contributed by atoms with Gasteiger partial charge in [-0.05, 0) is 54.4 Å². The maximum Gasteiger partial charge on any atom is 0.319 e. The fourth-order valence-corrected chi connectivity index (χ4v) is 3.54. The highest BCUT2D eigenvalue weighted by molar-refractivity contribution is 5.89. The lowest BCUT2D eigenvalue weighted by molar-refractivity contribution is 0.252. The van der Waals surface area contributed by atoms with Gasteiger partial charge in [0.25, 0.3) is 0 Å². The summed E-state index contributed by atoms with van der Waals surface area (Å²) in [5.41, 5.74) is 3.95. The highest BCUT2D eigenvalue weighted by atomic mass is 16.5. The molecule has 6 heteroatoms. The minimum absolute atomic E-state index is 0.0269. The van der Waals surface area contributed by atoms with Gasteiger partial charge >= 0.3 is 6.03 Å². The number of H-pyrrole nitrogens is 1. The molecule has 0 aliphatic carbocycles. The predicted octanol–water partition coefficient (Wildman–Crippen LogP) is 4.92. The molecule has 4 rings (SSSR count). The standard InChI is InChI=1S/C24H24N4O2/c1-2-30-19-11-9-18(10-12-19)28-24(29)27-15-21(17-6-5-13-25-14-17)22-16-26-23-8-4-3-7-20(22)23/h3-14,16,21,26H,2,15H2,1H3,(H2,27,28,29)/t21-/m0/s1. The van der Waals surface area contributed by atoms with Gasteiger partial charge in [0.05, 0.1) is 6.61 Å². The number of nitrogens with one attached hydrogen (secondary N) is 3. The number of para-hydroxylation sites is 1. The molecule has 0 saturated carbocycles. The topological polar surface area (TPSA) is 79.0 Å². The number of amides is 2. The molecule has 6 nitrogen and oxygen atoms in total. The Morgan fingerprint density at radius 3 is 2.70 bits per heavy atom. The molecule has 0 saturated heterocycles. The molecule has 0 aliphatic rings. The summed E-state index contributed by atoms with van der Waals surface area (Å²) in [5, 5.41) is 7.01. The average molecular weight is 400 g/mol. The number of urea groups is 1. The average Bonchev–Trinajstić information content (AvgIpc) is 3.20. The molecule has 2 aromatic carbocycles. The van der Waals surface area contributed by atoms with Gasteiger partial charge in [0.1, 0.15) is 5.75 Å². The van der Waals surface area contributed by atoms with Gasteiger partial charge in [0.15, 0.2) is 0 Å². The summed E-state index contributed by atoms with van der Waals surface area (Å²) in [6.45, 7) is 2.99. The number of hydrogen-bond acceptors (Lipinski definition) is 3. The summed E-state index contributed by atoms with van der Waals surface area (Å²) in [5.74, 6) is 0.750. The van der Waals surface area contributed by atoms with Crippen LogP contribution in [0.25, 0.3) is 10.9 Å². The number of aromatic nitrogens is 2. The van der Waals surface area contributed by atoms with Gasteiger partial charge < -0.3 is 20.4 Å². The van der Waals surface area contributed by atoms with Crippen LogP contribution in [-0.4, -0.2) is 29.2 Å². The first-order valence-corrected chi connectivity index (χ1v) is 9.98. The summed E-state index contributed by atoms with van der Waals surface area (Å²) < 4.78 is 5.43. The lowest BCUT2D eigenvalue weighted by Gasteiger charge is -2.18. The van der Waals surface area contributed by atoms with Crippen molar-refractivity contribution >= 4 is 22.6 Å². The Kier molecular flexibility index (Phi) is 5.94. The van der Waals surface area contributed by atoms with Crippen molar-refractivity contribution in [3.8, 4) is 5.75 Å². The Morgan fingerprint density at radius 2 is 1.93 bits per heavy atom. The third-order valence-electron chi connectivity index (χ3n) is 4.97. The molecule has 4 aromatic rings. The van der Waals surface area contributed by atoms with Crippen LogP contribution in [0.15, 0.2) is 79.3 Å². The van der Waals surface area contributed by atoms with Crippen molar-refractivity contribution in [1.82, 2.24) is 15.3 Å². The first-order valence-electron chi connectivity index (χ1n) is 9.98. The molecule has 30 heavy (non-hydrogen) atoms. The van der Waals surface area contributed by atoms with E-state index in [2.05, 4.69) is 26.7 Å². The molecule has 0 unspecified atom stereocenters. The van der Waals surface area contributed by atoms with E-state index in [-0.39, 0.29) is 11.9 Å². The number of hydrogen-bond donors (Lipinski definition) is 3. The van der Waals surface area contributed by atoms with E-state index in [4.69, 9.17) is 4.74 Å². The van der Waals surface area contributed by atoms with Gasteiger partial charge in [-0.15, -0.1) is 0 Å². The number of ether oxygens (including phenoxy) is 1. The summed E-state index contributed by atoms with van der Waals surface area (Å²) in [4.78, 5) is 20.1. The molecular formula is C24H24N4O2. The second-order valence-electron chi connectivity index (χ2n) is 6.92. The molecule has 0 fully saturated rings. The molecule has 0 radical (unpaired) electrons. The zero-order valence-corrected chi connectivity index (χ0v) is 16.8. The van der Waals surface area contributed by atoms with Crippen molar-refractivity contribution < 1.29 is 9.53 Å². The van der Waals surface area contributed by atoms with Crippen molar-refractivity contribution in [2.24, 2.45) is 0 Å². The molecular weight excluding hydrogens is 376 g/mol. The number of benzene rings is 2. The van der Waals surface area contributed by atoms with Crippen LogP contribution in [0.5, 0.6) is 5.75 Å². The van der Waals surface area contributed by atoms with E-state index in [1.54, 1.807) is 6.20 Å². The minimum atomic E-state index is -0.257. The Bertz CT molecular complexity index is 1110. The largest absolute Gasteiger partial charge is 0.494 e. The van der Waals surface area contributed by atoms with Crippen molar-refractivity contribution in [2.75, 3.05) is 18.5 Å². The van der Waals surface area contributed by atoms with E-state index in [0.29, 0.717) is 18.8 Å². The third kappa shape index (κ3) is 4.43. The molecule has 2 amide bonds. The van der Waals surface area contributed by atoms with Crippen molar-refractivity contribution in [1.29, 1.82) is 0 Å². The third-order valence-corrected chi connectivity index (χ3v) is 4.97. The highest BCUT2D eigenvalue weighted by Crippen LogP contribution is 2.30. The Morgan fingerprint density at radius 1 is 1.10 bits per heavy atom. The molecule has 0 bridgehead atoms. The number of anilines is 1. The highest BCUT2D eigenvalue weighted by Gasteiger charge is 2.19. The maximum atomic E-state index is 12.5. The van der Waals surface area contributed by atoms with Gasteiger partial charge in [0.2, 0.25) is 0 Å². The summed E-state index contributed by atoms with van der Waals surface area (Å²) in [6.07, 6.45) is 5.61. The zero-order valence-electron chi connectivity index (χ0n) is 16.8. The lowest BCUT2D eigenvalue weighted by Crippen LogP contribution is -2.32. The van der Waals surface area contributed by atoms with Crippen molar-refractivity contribution in [3.05, 3.63) is 90.4 Å². The number of pyridine rings is 1. The Balaban J connectivity index is 1.49. The van der Waals surface area contributed by atoms with Crippen LogP contribution in [0, 0.1) is 0 Å². The first kappa shape index (κ1) is 19.5. The van der Waals surface area contributed by atoms with Crippen LogP contribution in [0.2, 0.25) is 0 Å². The maximum absolute atomic E-state index is 12.5. The van der Waals surface area contributed by atoms with Crippen LogP contribution >= 0.6 is 0 Å². The van der Waals surface area contributed by atoms with Crippen LogP contribution in [0.3, 0.4) is 0 Å². The molecule has 0 aliphatic heterocycles. The summed E-state index contributed by atoms with van der Waals surface area (Å²) in [6, 6.07) is 19.2. The van der Waals surface area contributed by atoms with E-state index in [9.17, 15) is 4.79 Å². The fourth-order valence-electron chi connectivity index (χ4n) is 3.54. The predicted molar refractivity (Wildman–Crippen MR) is 119 cm³/mol. The van der Waals surface area contributed by atoms with E-state index in [0.717, 1.165) is 27.8 Å². The molecule has 1 atom stereocenters. The van der Waals surface area contributed by atoms with E-state index >= 15 is 0 Å². The molecule has 3 N–H and O–H groups in total. The van der Waals surface area contributed by atoms with E-state index in [1.165, 1.54) is 0 Å². The monoisotopic (exact) mass is 400 g/mol. The Labute approximate surface area is 175 Å². The number of aromatic amines is 1. The molecule has 2 heterocycles. The van der Waals surface area contributed by atoms with E-state index in [1.807, 2.05) is 73.9 Å². The zero-order chi connectivity index (χ0) is 20.8. The first-order chi connectivity index (χ1) is 14.7. The van der Waals surface area contributed by atoms with Gasteiger partial charge in [-0.25, -0.2) is 4.79 Å². The molecule has 0 spiro atoms. The number of rotatable bonds is 7. The SMILES string of the molecule is CCOc1ccc(NC(=O)NC[C@@H](c2cccnc2)c2c[nH]c3ccccc23)cc1. The Hall–Kier alpha value is -3.80. The quantitative estimate of drug-likeness (QED) is 0.412. The van der Waals surface area contributed by atoms with Crippen molar-refractivity contribution in [2.45, 2.75) is 12.8 Å².